The van der Waals surface area contributed by atoms with E-state index >= 15 is 0 Å². The van der Waals surface area contributed by atoms with Gasteiger partial charge in [0.15, 0.2) is 0 Å². The Balaban J connectivity index is 1.32. The van der Waals surface area contributed by atoms with Gasteiger partial charge in [-0.25, -0.2) is 4.68 Å². The minimum atomic E-state index is -3.80. The first kappa shape index (κ1) is 23.5. The molecule has 0 N–H and O–H groups in total. The van der Waals surface area contributed by atoms with E-state index in [1.165, 1.54) is 12.1 Å². The van der Waals surface area contributed by atoms with Crippen LogP contribution in [-0.2, 0) is 14.3 Å². The SMILES string of the molecule is Cc1ccc(S(=O)(=O)OCCOc2ccc(-n3cc(-c4ccc(N(C)C)cc4)nn3)cc2)cc1. The predicted molar refractivity (Wildman–Crippen MR) is 131 cm³/mol. The molecule has 0 saturated carbocycles. The third-order valence-electron chi connectivity index (χ3n) is 5.17. The van der Waals surface area contributed by atoms with E-state index in [2.05, 4.69) is 10.3 Å². The van der Waals surface area contributed by atoms with Crippen LogP contribution in [0, 0.1) is 6.92 Å². The Bertz CT molecular complexity index is 1330. The van der Waals surface area contributed by atoms with Crippen molar-refractivity contribution in [1.29, 1.82) is 0 Å². The van der Waals surface area contributed by atoms with Crippen LogP contribution in [0.1, 0.15) is 5.56 Å². The fourth-order valence-electron chi connectivity index (χ4n) is 3.22. The molecule has 176 valence electrons. The maximum atomic E-state index is 12.2. The molecule has 3 aromatic carbocycles. The summed E-state index contributed by atoms with van der Waals surface area (Å²) in [6.07, 6.45) is 1.87. The first-order chi connectivity index (χ1) is 16.3. The minimum Gasteiger partial charge on any atom is -0.491 e. The van der Waals surface area contributed by atoms with Crippen LogP contribution < -0.4 is 9.64 Å². The van der Waals surface area contributed by atoms with Crippen LogP contribution in [0.2, 0.25) is 0 Å². The van der Waals surface area contributed by atoms with Gasteiger partial charge in [-0.3, -0.25) is 4.18 Å². The predicted octanol–water partition coefficient (Wildman–Crippen LogP) is 4.09. The Labute approximate surface area is 199 Å². The number of hydrogen-bond donors (Lipinski definition) is 0. The van der Waals surface area contributed by atoms with Crippen molar-refractivity contribution in [3.63, 3.8) is 0 Å². The van der Waals surface area contributed by atoms with Crippen molar-refractivity contribution in [2.45, 2.75) is 11.8 Å². The molecule has 1 heterocycles. The third-order valence-corrected chi connectivity index (χ3v) is 6.50. The monoisotopic (exact) mass is 478 g/mol. The lowest BCUT2D eigenvalue weighted by atomic mass is 10.1. The van der Waals surface area contributed by atoms with Gasteiger partial charge in [0.1, 0.15) is 24.7 Å². The lowest BCUT2D eigenvalue weighted by Crippen LogP contribution is -2.13. The molecule has 0 aliphatic heterocycles. The zero-order valence-corrected chi connectivity index (χ0v) is 20.1. The van der Waals surface area contributed by atoms with Gasteiger partial charge in [0.05, 0.1) is 16.8 Å². The molecule has 1 aromatic heterocycles. The van der Waals surface area contributed by atoms with Crippen LogP contribution in [-0.4, -0.2) is 50.7 Å². The van der Waals surface area contributed by atoms with Crippen LogP contribution in [0.15, 0.2) is 83.9 Å². The standard InChI is InChI=1S/C25H26N4O4S/c1-19-4-14-24(15-5-19)34(30,31)33-17-16-32-23-12-10-22(11-13-23)29-18-25(26-27-29)20-6-8-21(9-7-20)28(2)3/h4-15,18H,16-17H2,1-3H3. The van der Waals surface area contributed by atoms with Crippen molar-refractivity contribution in [3.05, 3.63) is 84.6 Å². The highest BCUT2D eigenvalue weighted by Gasteiger charge is 2.14. The molecule has 0 amide bonds. The fourth-order valence-corrected chi connectivity index (χ4v) is 4.12. The second-order valence-electron chi connectivity index (χ2n) is 7.92. The molecular weight excluding hydrogens is 452 g/mol. The average molecular weight is 479 g/mol. The largest absolute Gasteiger partial charge is 0.491 e. The van der Waals surface area contributed by atoms with Crippen molar-refractivity contribution >= 4 is 15.8 Å². The molecule has 0 unspecified atom stereocenters. The van der Waals surface area contributed by atoms with Gasteiger partial charge in [-0.1, -0.05) is 35.0 Å². The fraction of sp³-hybridized carbons (Fsp3) is 0.200. The number of benzene rings is 3. The summed E-state index contributed by atoms with van der Waals surface area (Å²) >= 11 is 0. The van der Waals surface area contributed by atoms with Gasteiger partial charge >= 0.3 is 0 Å². The van der Waals surface area contributed by atoms with Crippen molar-refractivity contribution in [2.24, 2.45) is 0 Å². The van der Waals surface area contributed by atoms with Gasteiger partial charge in [0.2, 0.25) is 0 Å². The van der Waals surface area contributed by atoms with Gasteiger partial charge in [0.25, 0.3) is 10.1 Å². The first-order valence-corrected chi connectivity index (χ1v) is 12.1. The highest BCUT2D eigenvalue weighted by Crippen LogP contribution is 2.22. The number of anilines is 1. The van der Waals surface area contributed by atoms with Crippen molar-refractivity contribution in [1.82, 2.24) is 15.0 Å². The molecule has 0 spiro atoms. The quantitative estimate of drug-likeness (QED) is 0.264. The number of aryl methyl sites for hydroxylation is 1. The van der Waals surface area contributed by atoms with Crippen LogP contribution in [0.5, 0.6) is 5.75 Å². The topological polar surface area (TPSA) is 86.6 Å². The highest BCUT2D eigenvalue weighted by atomic mass is 32.2. The summed E-state index contributed by atoms with van der Waals surface area (Å²) in [5, 5.41) is 8.48. The summed E-state index contributed by atoms with van der Waals surface area (Å²) in [5.74, 6) is 0.597. The molecular formula is C25H26N4O4S. The molecule has 34 heavy (non-hydrogen) atoms. The molecule has 0 fully saturated rings. The highest BCUT2D eigenvalue weighted by molar-refractivity contribution is 7.86. The number of hydrogen-bond acceptors (Lipinski definition) is 7. The second kappa shape index (κ2) is 10.1. The molecule has 4 aromatic rings. The molecule has 0 atom stereocenters. The number of ether oxygens (including phenoxy) is 1. The third kappa shape index (κ3) is 5.62. The molecule has 8 nitrogen and oxygen atoms in total. The van der Waals surface area contributed by atoms with E-state index < -0.39 is 10.1 Å². The van der Waals surface area contributed by atoms with E-state index in [0.29, 0.717) is 5.75 Å². The smallest absolute Gasteiger partial charge is 0.297 e. The van der Waals surface area contributed by atoms with Gasteiger partial charge in [0, 0.05) is 25.3 Å². The van der Waals surface area contributed by atoms with Gasteiger partial charge in [-0.15, -0.1) is 5.10 Å². The molecule has 0 saturated heterocycles. The molecule has 9 heteroatoms. The zero-order valence-electron chi connectivity index (χ0n) is 19.2. The lowest BCUT2D eigenvalue weighted by Gasteiger charge is -2.11. The van der Waals surface area contributed by atoms with E-state index in [4.69, 9.17) is 8.92 Å². The maximum absolute atomic E-state index is 12.2. The van der Waals surface area contributed by atoms with Crippen LogP contribution in [0.25, 0.3) is 16.9 Å². The van der Waals surface area contributed by atoms with E-state index in [0.717, 1.165) is 28.2 Å². The molecule has 0 bridgehead atoms. The summed E-state index contributed by atoms with van der Waals surface area (Å²) in [6.45, 7) is 1.90. The van der Waals surface area contributed by atoms with E-state index in [1.807, 2.05) is 68.5 Å². The number of nitrogens with zero attached hydrogens (tertiary/aromatic N) is 4. The molecule has 4 rings (SSSR count). The van der Waals surface area contributed by atoms with Crippen molar-refractivity contribution < 1.29 is 17.3 Å². The first-order valence-electron chi connectivity index (χ1n) is 10.7. The average Bonchev–Trinajstić information content (AvgIpc) is 3.33. The van der Waals surface area contributed by atoms with E-state index in [1.54, 1.807) is 28.9 Å². The van der Waals surface area contributed by atoms with Gasteiger partial charge in [-0.2, -0.15) is 8.42 Å². The summed E-state index contributed by atoms with van der Waals surface area (Å²) in [5.41, 5.74) is 4.68. The Morgan fingerprint density at radius 1 is 0.882 bits per heavy atom. The van der Waals surface area contributed by atoms with Gasteiger partial charge < -0.3 is 9.64 Å². The second-order valence-corrected chi connectivity index (χ2v) is 9.54. The number of rotatable bonds is 9. The molecule has 0 aliphatic carbocycles. The van der Waals surface area contributed by atoms with Gasteiger partial charge in [-0.05, 0) is 55.5 Å². The Morgan fingerprint density at radius 2 is 1.56 bits per heavy atom. The zero-order chi connectivity index (χ0) is 24.1. The number of aromatic nitrogens is 3. The summed E-state index contributed by atoms with van der Waals surface area (Å²) in [4.78, 5) is 2.17. The summed E-state index contributed by atoms with van der Waals surface area (Å²) < 4.78 is 36.8. The maximum Gasteiger partial charge on any atom is 0.297 e. The Morgan fingerprint density at radius 3 is 2.21 bits per heavy atom. The van der Waals surface area contributed by atoms with Crippen molar-refractivity contribution in [2.75, 3.05) is 32.2 Å². The lowest BCUT2D eigenvalue weighted by molar-refractivity contribution is 0.221. The van der Waals surface area contributed by atoms with Crippen molar-refractivity contribution in [3.8, 4) is 22.7 Å². The van der Waals surface area contributed by atoms with Crippen LogP contribution in [0.4, 0.5) is 5.69 Å². The normalized spacial score (nSPS) is 11.4. The van der Waals surface area contributed by atoms with E-state index in [9.17, 15) is 8.42 Å². The van der Waals surface area contributed by atoms with Crippen LogP contribution >= 0.6 is 0 Å². The summed E-state index contributed by atoms with van der Waals surface area (Å²) in [7, 11) is 0.196. The molecule has 0 radical (unpaired) electrons. The van der Waals surface area contributed by atoms with Crippen LogP contribution in [0.3, 0.4) is 0 Å². The molecule has 0 aliphatic rings. The summed E-state index contributed by atoms with van der Waals surface area (Å²) in [6, 6.07) is 21.9. The Kier molecular flexibility index (Phi) is 6.95. The Hall–Kier alpha value is -3.69. The minimum absolute atomic E-state index is 0.0863. The van der Waals surface area contributed by atoms with E-state index in [-0.39, 0.29) is 18.1 Å².